The number of anilines is 2. The number of allylic oxidation sites excluding steroid dienone is 2. The molecule has 1 atom stereocenters. The van der Waals surface area contributed by atoms with Gasteiger partial charge in [-0.15, -0.1) is 0 Å². The van der Waals surface area contributed by atoms with Crippen LogP contribution in [0.5, 0.6) is 0 Å². The Morgan fingerprint density at radius 2 is 1.75 bits per heavy atom. The molecule has 0 amide bonds. The first kappa shape index (κ1) is 26.9. The monoisotopic (exact) mass is 620 g/mol. The lowest BCUT2D eigenvalue weighted by atomic mass is 9.84. The standard InChI is InChI=1S/C29H30BrN6O3P/c1-29(2)23-11-7-8-12-26(23)33(3)28(29)27-20-31-35(21-9-5-4-6-10-21)40(27,34-15-17-39-18-16-34)32-25-14-13-22(36(37)38)19-24(25)30/h4-14,19-20H,15-18H2,1-3H3/b28-27+/t40-/m0/s1. The van der Waals surface area contributed by atoms with E-state index < -0.39 is 12.3 Å². The Labute approximate surface area is 242 Å². The molecule has 0 bridgehead atoms. The number of nitrogens with zero attached hydrogens (tertiary/aromatic N) is 6. The molecule has 0 radical (unpaired) electrons. The number of nitro benzene ring substituents is 1. The summed E-state index contributed by atoms with van der Waals surface area (Å²) >= 11 is 3.60. The molecule has 3 aliphatic heterocycles. The third-order valence-corrected chi connectivity index (χ3v) is 11.9. The third kappa shape index (κ3) is 4.21. The fraction of sp³-hybridized carbons (Fsp3) is 0.276. The first-order chi connectivity index (χ1) is 19.2. The van der Waals surface area contributed by atoms with Crippen molar-refractivity contribution in [1.82, 2.24) is 4.67 Å². The number of hydrogen-bond acceptors (Lipinski definition) is 6. The van der Waals surface area contributed by atoms with Crippen LogP contribution in [0, 0.1) is 10.1 Å². The fourth-order valence-electron chi connectivity index (χ4n) is 5.91. The predicted octanol–water partition coefficient (Wildman–Crippen LogP) is 7.50. The molecule has 3 aromatic carbocycles. The zero-order valence-electron chi connectivity index (χ0n) is 22.6. The molecule has 0 spiro atoms. The molecule has 206 valence electrons. The minimum atomic E-state index is -2.82. The zero-order chi connectivity index (χ0) is 28.1. The van der Waals surface area contributed by atoms with E-state index >= 15 is 0 Å². The van der Waals surface area contributed by atoms with Crippen molar-refractivity contribution in [3.05, 3.63) is 104 Å². The van der Waals surface area contributed by atoms with Crippen LogP contribution in [0.25, 0.3) is 0 Å². The Bertz CT molecular complexity index is 1600. The van der Waals surface area contributed by atoms with Gasteiger partial charge in [-0.05, 0) is 45.8 Å². The van der Waals surface area contributed by atoms with Gasteiger partial charge in [0.05, 0.1) is 45.5 Å². The summed E-state index contributed by atoms with van der Waals surface area (Å²) in [6.45, 7) is 7.05. The van der Waals surface area contributed by atoms with E-state index in [0.717, 1.165) is 22.4 Å². The molecule has 3 aliphatic rings. The first-order valence-corrected chi connectivity index (χ1v) is 15.6. The Hall–Kier alpha value is -3.30. The van der Waals surface area contributed by atoms with E-state index in [0.29, 0.717) is 36.5 Å². The van der Waals surface area contributed by atoms with Gasteiger partial charge in [0.1, 0.15) is 0 Å². The Kier molecular flexibility index (Phi) is 6.91. The molecule has 6 rings (SSSR count). The van der Waals surface area contributed by atoms with Crippen LogP contribution in [0.15, 0.2) is 98.1 Å². The summed E-state index contributed by atoms with van der Waals surface area (Å²) in [6.07, 6.45) is 1.98. The van der Waals surface area contributed by atoms with E-state index in [2.05, 4.69) is 87.6 Å². The summed E-state index contributed by atoms with van der Waals surface area (Å²) in [4.78, 5) is 13.4. The average molecular weight is 621 g/mol. The van der Waals surface area contributed by atoms with Crippen LogP contribution in [-0.4, -0.2) is 49.2 Å². The maximum absolute atomic E-state index is 11.5. The van der Waals surface area contributed by atoms with Gasteiger partial charge < -0.3 is 9.64 Å². The number of nitro groups is 1. The second-order valence-electron chi connectivity index (χ2n) is 10.4. The van der Waals surface area contributed by atoms with Crippen molar-refractivity contribution in [3.8, 4) is 0 Å². The third-order valence-electron chi connectivity index (χ3n) is 7.74. The number of non-ortho nitro benzene ring substituents is 1. The van der Waals surface area contributed by atoms with Gasteiger partial charge in [-0.1, -0.05) is 50.2 Å². The molecule has 0 aliphatic carbocycles. The van der Waals surface area contributed by atoms with Crippen molar-refractivity contribution < 1.29 is 9.66 Å². The van der Waals surface area contributed by atoms with E-state index in [9.17, 15) is 10.1 Å². The van der Waals surface area contributed by atoms with Gasteiger partial charge in [-0.3, -0.25) is 10.1 Å². The van der Waals surface area contributed by atoms with Crippen LogP contribution in [0.3, 0.4) is 0 Å². The molecule has 0 N–H and O–H groups in total. The van der Waals surface area contributed by atoms with Gasteiger partial charge in [-0.25, -0.2) is 14.2 Å². The topological polar surface area (TPSA) is 86.8 Å². The number of likely N-dealkylation sites (N-methyl/N-ethyl adjacent to an activating group) is 1. The van der Waals surface area contributed by atoms with Crippen molar-refractivity contribution >= 4 is 52.2 Å². The van der Waals surface area contributed by atoms with E-state index in [4.69, 9.17) is 14.6 Å². The molecule has 1 fully saturated rings. The first-order valence-electron chi connectivity index (χ1n) is 13.1. The number of para-hydroxylation sites is 2. The number of fused-ring (bicyclic) bond motifs is 1. The summed E-state index contributed by atoms with van der Waals surface area (Å²) < 4.78 is 16.5. The fourth-order valence-corrected chi connectivity index (χ4v) is 10.3. The quantitative estimate of drug-likeness (QED) is 0.170. The zero-order valence-corrected chi connectivity index (χ0v) is 25.0. The highest BCUT2D eigenvalue weighted by Crippen LogP contribution is 2.71. The maximum atomic E-state index is 11.5. The molecule has 9 nitrogen and oxygen atoms in total. The van der Waals surface area contributed by atoms with Crippen molar-refractivity contribution in [2.24, 2.45) is 9.85 Å². The van der Waals surface area contributed by atoms with E-state index in [-0.39, 0.29) is 11.1 Å². The lowest BCUT2D eigenvalue weighted by molar-refractivity contribution is -0.384. The van der Waals surface area contributed by atoms with Gasteiger partial charge in [0, 0.05) is 49.1 Å². The van der Waals surface area contributed by atoms with Crippen molar-refractivity contribution in [2.45, 2.75) is 19.3 Å². The second kappa shape index (κ2) is 10.3. The smallest absolute Gasteiger partial charge is 0.270 e. The van der Waals surface area contributed by atoms with Gasteiger partial charge in [0.2, 0.25) is 0 Å². The lowest BCUT2D eigenvalue weighted by Gasteiger charge is -2.43. The number of benzene rings is 3. The summed E-state index contributed by atoms with van der Waals surface area (Å²) in [7, 11) is -0.704. The van der Waals surface area contributed by atoms with Crippen LogP contribution in [-0.2, 0) is 10.2 Å². The number of morpholine rings is 1. The van der Waals surface area contributed by atoms with E-state index in [1.165, 1.54) is 17.7 Å². The van der Waals surface area contributed by atoms with Crippen LogP contribution >= 0.6 is 23.3 Å². The van der Waals surface area contributed by atoms with Crippen LogP contribution in [0.4, 0.5) is 22.7 Å². The molecule has 3 heterocycles. The SMILES string of the molecule is CN1/C(=C2\C=NN(c3ccccc3)[P@@]2(=Nc2ccc([N+](=O)[O-])cc2Br)N2CCOCC2)C(C)(C)c2ccccc21. The molecule has 0 aromatic heterocycles. The highest BCUT2D eigenvalue weighted by atomic mass is 79.9. The van der Waals surface area contributed by atoms with Crippen molar-refractivity contribution in [1.29, 1.82) is 0 Å². The molecule has 0 saturated carbocycles. The molecule has 0 unspecified atom stereocenters. The minimum Gasteiger partial charge on any atom is -0.379 e. The summed E-state index contributed by atoms with van der Waals surface area (Å²) in [5, 5.41) is 17.6. The summed E-state index contributed by atoms with van der Waals surface area (Å²) in [5.41, 5.74) is 4.86. The van der Waals surface area contributed by atoms with Crippen molar-refractivity contribution in [2.75, 3.05) is 43.0 Å². The minimum absolute atomic E-state index is 0.0119. The van der Waals surface area contributed by atoms with E-state index in [1.54, 1.807) is 6.07 Å². The molecular formula is C29H30BrN6O3P. The van der Waals surface area contributed by atoms with Gasteiger partial charge >= 0.3 is 0 Å². The maximum Gasteiger partial charge on any atom is 0.270 e. The van der Waals surface area contributed by atoms with Gasteiger partial charge in [0.25, 0.3) is 5.69 Å². The number of halogens is 1. The predicted molar refractivity (Wildman–Crippen MR) is 165 cm³/mol. The van der Waals surface area contributed by atoms with E-state index in [1.807, 2.05) is 24.4 Å². The molecule has 3 aromatic rings. The highest BCUT2D eigenvalue weighted by Gasteiger charge is 2.50. The Balaban J connectivity index is 1.69. The summed E-state index contributed by atoms with van der Waals surface area (Å²) in [5.74, 6) is 0. The molecular weight excluding hydrogens is 591 g/mol. The Morgan fingerprint density at radius 3 is 2.42 bits per heavy atom. The summed E-state index contributed by atoms with van der Waals surface area (Å²) in [6, 6.07) is 23.4. The molecule has 40 heavy (non-hydrogen) atoms. The lowest BCUT2D eigenvalue weighted by Crippen LogP contribution is -2.38. The Morgan fingerprint density at radius 1 is 1.05 bits per heavy atom. The second-order valence-corrected chi connectivity index (χ2v) is 14.0. The van der Waals surface area contributed by atoms with Crippen LogP contribution in [0.1, 0.15) is 19.4 Å². The molecule has 1 saturated heterocycles. The van der Waals surface area contributed by atoms with Crippen LogP contribution < -0.4 is 9.68 Å². The molecule has 11 heteroatoms. The largest absolute Gasteiger partial charge is 0.379 e. The van der Waals surface area contributed by atoms with Gasteiger partial charge in [0.15, 0.2) is 7.36 Å². The number of ether oxygens (including phenoxy) is 1. The number of hydrogen-bond donors (Lipinski definition) is 0. The highest BCUT2D eigenvalue weighted by molar-refractivity contribution is 9.10. The number of hydrazone groups is 1. The van der Waals surface area contributed by atoms with Crippen molar-refractivity contribution in [3.63, 3.8) is 0 Å². The van der Waals surface area contributed by atoms with Gasteiger partial charge in [-0.2, -0.15) is 5.10 Å². The van der Waals surface area contributed by atoms with Crippen LogP contribution in [0.2, 0.25) is 0 Å². The average Bonchev–Trinajstić information content (AvgIpc) is 3.42. The normalized spacial score (nSPS) is 23.9. The number of rotatable bonds is 4.